The summed E-state index contributed by atoms with van der Waals surface area (Å²) in [6.45, 7) is 2.89. The highest BCUT2D eigenvalue weighted by atomic mass is 32.2. The molecule has 6 heteroatoms. The van der Waals surface area contributed by atoms with Crippen LogP contribution in [0.3, 0.4) is 0 Å². The van der Waals surface area contributed by atoms with Crippen molar-refractivity contribution in [1.29, 1.82) is 0 Å². The number of hydrogen-bond acceptors (Lipinski definition) is 3. The maximum Gasteiger partial charge on any atom is 0.322 e. The predicted molar refractivity (Wildman–Crippen MR) is 126 cm³/mol. The van der Waals surface area contributed by atoms with Gasteiger partial charge in [0.1, 0.15) is 0 Å². The van der Waals surface area contributed by atoms with E-state index in [1.54, 1.807) is 4.90 Å². The van der Waals surface area contributed by atoms with Gasteiger partial charge >= 0.3 is 6.03 Å². The second-order valence-corrected chi connectivity index (χ2v) is 10.8. The lowest BCUT2D eigenvalue weighted by atomic mass is 10.1. The summed E-state index contributed by atoms with van der Waals surface area (Å²) in [5.41, 5.74) is 0.760. The first-order valence-electron chi connectivity index (χ1n) is 11.9. The summed E-state index contributed by atoms with van der Waals surface area (Å²) in [7, 11) is -3.05. The maximum absolute atomic E-state index is 12.8. The van der Waals surface area contributed by atoms with Crippen LogP contribution in [-0.4, -0.2) is 38.5 Å². The number of carbonyl (C=O) groups is 1. The Morgan fingerprint density at radius 1 is 0.933 bits per heavy atom. The SMILES string of the molecule is CCCCCCCCCCCCCNC(=O)N(c1ccccc1)C1CCS(=O)(=O)C1. The minimum Gasteiger partial charge on any atom is -0.338 e. The van der Waals surface area contributed by atoms with Crippen LogP contribution in [0.5, 0.6) is 0 Å². The summed E-state index contributed by atoms with van der Waals surface area (Å²) < 4.78 is 23.8. The van der Waals surface area contributed by atoms with Crippen molar-refractivity contribution in [2.75, 3.05) is 23.0 Å². The van der Waals surface area contributed by atoms with E-state index in [1.165, 1.54) is 57.8 Å². The number of carbonyl (C=O) groups excluding carboxylic acids is 1. The van der Waals surface area contributed by atoms with Crippen molar-refractivity contribution >= 4 is 21.6 Å². The standard InChI is InChI=1S/C24H40N2O3S/c1-2-3-4-5-6-7-8-9-10-11-15-19-25-24(27)26(22-16-13-12-14-17-22)23-18-20-30(28,29)21-23/h12-14,16-17,23H,2-11,15,18-21H2,1H3,(H,25,27). The van der Waals surface area contributed by atoms with Gasteiger partial charge in [-0.1, -0.05) is 89.3 Å². The molecule has 1 unspecified atom stereocenters. The van der Waals surface area contributed by atoms with Crippen LogP contribution >= 0.6 is 0 Å². The number of hydrogen-bond donors (Lipinski definition) is 1. The minimum atomic E-state index is -3.05. The van der Waals surface area contributed by atoms with Crippen molar-refractivity contribution in [3.63, 3.8) is 0 Å². The van der Waals surface area contributed by atoms with E-state index in [4.69, 9.17) is 0 Å². The van der Waals surface area contributed by atoms with Crippen molar-refractivity contribution in [3.05, 3.63) is 30.3 Å². The van der Waals surface area contributed by atoms with Crippen LogP contribution in [0.2, 0.25) is 0 Å². The number of para-hydroxylation sites is 1. The number of urea groups is 1. The Hall–Kier alpha value is -1.56. The highest BCUT2D eigenvalue weighted by molar-refractivity contribution is 7.91. The summed E-state index contributed by atoms with van der Waals surface area (Å²) >= 11 is 0. The van der Waals surface area contributed by atoms with Crippen LogP contribution in [0.4, 0.5) is 10.5 Å². The van der Waals surface area contributed by atoms with Gasteiger partial charge in [-0.2, -0.15) is 0 Å². The number of anilines is 1. The quantitative estimate of drug-likeness (QED) is 0.380. The molecular weight excluding hydrogens is 396 g/mol. The van der Waals surface area contributed by atoms with Gasteiger partial charge in [0.05, 0.1) is 17.5 Å². The molecule has 0 saturated carbocycles. The molecule has 0 aromatic heterocycles. The number of unbranched alkanes of at least 4 members (excludes halogenated alkanes) is 10. The third-order valence-corrected chi connectivity index (χ3v) is 7.63. The average molecular weight is 437 g/mol. The minimum absolute atomic E-state index is 0.0494. The molecule has 2 rings (SSSR count). The first-order chi connectivity index (χ1) is 14.5. The summed E-state index contributed by atoms with van der Waals surface area (Å²) in [6, 6.07) is 8.92. The van der Waals surface area contributed by atoms with Crippen LogP contribution in [0.25, 0.3) is 0 Å². The van der Waals surface area contributed by atoms with Gasteiger partial charge in [-0.3, -0.25) is 4.90 Å². The van der Waals surface area contributed by atoms with Crippen molar-refractivity contribution in [3.8, 4) is 0 Å². The molecule has 1 aromatic carbocycles. The molecule has 1 fully saturated rings. The van der Waals surface area contributed by atoms with E-state index < -0.39 is 9.84 Å². The van der Waals surface area contributed by atoms with Gasteiger partial charge in [-0.15, -0.1) is 0 Å². The molecule has 30 heavy (non-hydrogen) atoms. The van der Waals surface area contributed by atoms with Crippen LogP contribution in [0, 0.1) is 0 Å². The molecule has 1 atom stereocenters. The number of rotatable bonds is 14. The van der Waals surface area contributed by atoms with E-state index in [9.17, 15) is 13.2 Å². The number of amides is 2. The highest BCUT2D eigenvalue weighted by Crippen LogP contribution is 2.24. The molecule has 1 N–H and O–H groups in total. The summed E-state index contributed by atoms with van der Waals surface area (Å²) in [4.78, 5) is 14.5. The first-order valence-corrected chi connectivity index (χ1v) is 13.7. The van der Waals surface area contributed by atoms with E-state index >= 15 is 0 Å². The van der Waals surface area contributed by atoms with Gasteiger partial charge < -0.3 is 5.32 Å². The maximum atomic E-state index is 12.8. The lowest BCUT2D eigenvalue weighted by Gasteiger charge is -2.28. The van der Waals surface area contributed by atoms with Crippen LogP contribution in [0.15, 0.2) is 30.3 Å². The molecule has 2 amide bonds. The molecule has 1 aliphatic rings. The van der Waals surface area contributed by atoms with E-state index in [2.05, 4.69) is 12.2 Å². The first kappa shape index (κ1) is 24.7. The topological polar surface area (TPSA) is 66.5 Å². The average Bonchev–Trinajstić information content (AvgIpc) is 3.09. The Balaban J connectivity index is 1.65. The van der Waals surface area contributed by atoms with Gasteiger partial charge in [-0.05, 0) is 25.0 Å². The smallest absolute Gasteiger partial charge is 0.322 e. The monoisotopic (exact) mass is 436 g/mol. The highest BCUT2D eigenvalue weighted by Gasteiger charge is 2.35. The van der Waals surface area contributed by atoms with Crippen molar-refractivity contribution < 1.29 is 13.2 Å². The summed E-state index contributed by atoms with van der Waals surface area (Å²) in [6.07, 6.45) is 14.5. The molecule has 170 valence electrons. The van der Waals surface area contributed by atoms with Crippen LogP contribution in [0.1, 0.15) is 84.0 Å². The van der Waals surface area contributed by atoms with Crippen LogP contribution < -0.4 is 10.2 Å². The van der Waals surface area contributed by atoms with Crippen LogP contribution in [-0.2, 0) is 9.84 Å². The zero-order valence-corrected chi connectivity index (χ0v) is 19.5. The van der Waals surface area contributed by atoms with Gasteiger partial charge in [0, 0.05) is 12.2 Å². The van der Waals surface area contributed by atoms with Gasteiger partial charge in [0.25, 0.3) is 0 Å². The number of sulfone groups is 1. The van der Waals surface area contributed by atoms with E-state index in [0.717, 1.165) is 18.5 Å². The third-order valence-electron chi connectivity index (χ3n) is 5.88. The molecule has 1 heterocycles. The molecular formula is C24H40N2O3S. The molecule has 0 spiro atoms. The van der Waals surface area contributed by atoms with E-state index in [1.807, 2.05) is 30.3 Å². The van der Waals surface area contributed by atoms with Gasteiger partial charge in [0.15, 0.2) is 9.84 Å². The third kappa shape index (κ3) is 9.07. The largest absolute Gasteiger partial charge is 0.338 e. The zero-order valence-electron chi connectivity index (χ0n) is 18.7. The fraction of sp³-hybridized carbons (Fsp3) is 0.708. The summed E-state index contributed by atoms with van der Waals surface area (Å²) in [5, 5.41) is 3.01. The Bertz CT molecular complexity index is 706. The number of nitrogens with zero attached hydrogens (tertiary/aromatic N) is 1. The molecule has 1 saturated heterocycles. The Labute approximate surface area is 183 Å². The van der Waals surface area contributed by atoms with Crippen molar-refractivity contribution in [1.82, 2.24) is 5.32 Å². The molecule has 1 aliphatic heterocycles. The summed E-state index contributed by atoms with van der Waals surface area (Å²) in [5.74, 6) is 0.209. The second-order valence-electron chi connectivity index (χ2n) is 8.53. The molecule has 0 bridgehead atoms. The molecule has 0 radical (unpaired) electrons. The normalized spacial score (nSPS) is 17.7. The Morgan fingerprint density at radius 3 is 2.03 bits per heavy atom. The number of nitrogens with one attached hydrogen (secondary N) is 1. The second kappa shape index (κ2) is 13.7. The zero-order chi connectivity index (χ0) is 21.7. The fourth-order valence-corrected chi connectivity index (χ4v) is 5.83. The Kier molecular flexibility index (Phi) is 11.3. The lowest BCUT2D eigenvalue weighted by molar-refractivity contribution is 0.244. The molecule has 0 aliphatic carbocycles. The van der Waals surface area contributed by atoms with Crippen molar-refractivity contribution in [2.45, 2.75) is 90.0 Å². The lowest BCUT2D eigenvalue weighted by Crippen LogP contribution is -2.47. The molecule has 1 aromatic rings. The number of benzene rings is 1. The fourth-order valence-electron chi connectivity index (χ4n) is 4.13. The van der Waals surface area contributed by atoms with Crippen molar-refractivity contribution in [2.24, 2.45) is 0 Å². The van der Waals surface area contributed by atoms with Gasteiger partial charge in [-0.25, -0.2) is 13.2 Å². The Morgan fingerprint density at radius 2 is 1.50 bits per heavy atom. The van der Waals surface area contributed by atoms with E-state index in [-0.39, 0.29) is 23.6 Å². The van der Waals surface area contributed by atoms with Gasteiger partial charge in [0.2, 0.25) is 0 Å². The molecule has 5 nitrogen and oxygen atoms in total. The predicted octanol–water partition coefficient (Wildman–Crippen LogP) is 5.70. The van der Waals surface area contributed by atoms with E-state index in [0.29, 0.717) is 13.0 Å².